The van der Waals surface area contributed by atoms with Gasteiger partial charge >= 0.3 is 5.97 Å². The van der Waals surface area contributed by atoms with Crippen molar-refractivity contribution in [1.82, 2.24) is 5.43 Å². The van der Waals surface area contributed by atoms with Gasteiger partial charge in [0.2, 0.25) is 0 Å². The third-order valence-electron chi connectivity index (χ3n) is 4.90. The molecule has 4 rings (SSSR count). The number of nitrogens with one attached hydrogen (secondary N) is 1. The number of nitro benzene ring substituents is 1. The van der Waals surface area contributed by atoms with Gasteiger partial charge in [-0.1, -0.05) is 35.9 Å². The molecule has 1 heterocycles. The van der Waals surface area contributed by atoms with Crippen LogP contribution in [0.25, 0.3) is 6.08 Å². The predicted octanol–water partition coefficient (Wildman–Crippen LogP) is 3.58. The second-order valence-corrected chi connectivity index (χ2v) is 7.21. The number of hydrogen-bond acceptors (Lipinski definition) is 6. The Balaban J connectivity index is 1.70. The van der Waals surface area contributed by atoms with Crippen molar-refractivity contribution in [3.63, 3.8) is 0 Å². The van der Waals surface area contributed by atoms with Crippen LogP contribution < -0.4 is 15.2 Å². The number of nitrogens with zero attached hydrogens (tertiary/aromatic N) is 2. The third-order valence-corrected chi connectivity index (χ3v) is 4.90. The molecular formula is C24H17N3O6. The van der Waals surface area contributed by atoms with E-state index in [-0.39, 0.29) is 28.1 Å². The summed E-state index contributed by atoms with van der Waals surface area (Å²) < 4.78 is 5.44. The molecule has 9 heteroatoms. The molecule has 1 N–H and O–H groups in total. The number of non-ortho nitro benzene ring substituents is 1. The lowest BCUT2D eigenvalue weighted by Crippen LogP contribution is -2.35. The van der Waals surface area contributed by atoms with Crippen LogP contribution in [0.15, 0.2) is 78.4 Å². The lowest BCUT2D eigenvalue weighted by Gasteiger charge is -2.13. The number of anilines is 1. The Morgan fingerprint density at radius 3 is 2.39 bits per heavy atom. The van der Waals surface area contributed by atoms with Crippen molar-refractivity contribution in [2.45, 2.75) is 6.92 Å². The van der Waals surface area contributed by atoms with Gasteiger partial charge < -0.3 is 4.74 Å². The first kappa shape index (κ1) is 21.4. The minimum absolute atomic E-state index is 0.0302. The summed E-state index contributed by atoms with van der Waals surface area (Å²) in [5.41, 5.74) is 3.64. The van der Waals surface area contributed by atoms with Gasteiger partial charge in [0.1, 0.15) is 11.3 Å². The van der Waals surface area contributed by atoms with Gasteiger partial charge in [-0.3, -0.25) is 25.1 Å². The van der Waals surface area contributed by atoms with Crippen LogP contribution in [-0.2, 0) is 9.59 Å². The molecule has 0 aromatic heterocycles. The van der Waals surface area contributed by atoms with Crippen molar-refractivity contribution >= 4 is 35.2 Å². The number of hydrogen-bond donors (Lipinski definition) is 1. The maximum absolute atomic E-state index is 12.9. The Bertz CT molecular complexity index is 1300. The molecule has 1 saturated heterocycles. The van der Waals surface area contributed by atoms with E-state index in [1.54, 1.807) is 54.6 Å². The summed E-state index contributed by atoms with van der Waals surface area (Å²) in [5.74, 6) is -2.05. The number of nitro groups is 1. The molecule has 2 amide bonds. The molecule has 0 aliphatic carbocycles. The van der Waals surface area contributed by atoms with E-state index in [1.165, 1.54) is 18.2 Å². The Hall–Kier alpha value is -4.79. The highest BCUT2D eigenvalue weighted by molar-refractivity contribution is 6.31. The number of amides is 2. The first-order chi connectivity index (χ1) is 15.8. The van der Waals surface area contributed by atoms with Crippen molar-refractivity contribution < 1.29 is 24.0 Å². The van der Waals surface area contributed by atoms with Crippen molar-refractivity contribution in [2.24, 2.45) is 0 Å². The van der Waals surface area contributed by atoms with Gasteiger partial charge in [0.15, 0.2) is 0 Å². The number of aryl methyl sites for hydroxylation is 1. The average molecular weight is 443 g/mol. The topological polar surface area (TPSA) is 119 Å². The number of benzene rings is 3. The van der Waals surface area contributed by atoms with Crippen LogP contribution in [0, 0.1) is 17.0 Å². The molecule has 9 nitrogen and oxygen atoms in total. The van der Waals surface area contributed by atoms with Crippen LogP contribution >= 0.6 is 0 Å². The molecule has 164 valence electrons. The molecule has 0 saturated carbocycles. The second-order valence-electron chi connectivity index (χ2n) is 7.21. The normalized spacial score (nSPS) is 14.3. The highest BCUT2D eigenvalue weighted by Crippen LogP contribution is 2.29. The highest BCUT2D eigenvalue weighted by Gasteiger charge is 2.34. The van der Waals surface area contributed by atoms with Gasteiger partial charge in [-0.25, -0.2) is 9.80 Å². The van der Waals surface area contributed by atoms with Gasteiger partial charge in [0.05, 0.1) is 16.2 Å². The van der Waals surface area contributed by atoms with Crippen LogP contribution in [0.1, 0.15) is 21.5 Å². The van der Waals surface area contributed by atoms with E-state index in [1.807, 2.05) is 6.92 Å². The van der Waals surface area contributed by atoms with E-state index in [0.29, 0.717) is 5.69 Å². The molecular weight excluding hydrogens is 426 g/mol. The number of ether oxygens (including phenoxy) is 1. The zero-order valence-corrected chi connectivity index (χ0v) is 17.3. The lowest BCUT2D eigenvalue weighted by atomic mass is 10.1. The molecule has 0 atom stereocenters. The number of carbonyl (C=O) groups is 3. The summed E-state index contributed by atoms with van der Waals surface area (Å²) in [6, 6.07) is 18.7. The van der Waals surface area contributed by atoms with E-state index in [9.17, 15) is 24.5 Å². The Kier molecular flexibility index (Phi) is 5.69. The SMILES string of the molecule is Cc1ccc(C(=O)Oc2ccc([N+](=O)[O-])cc2/C=C2/C(=O)NN(c3ccccc3)C2=O)cc1. The fourth-order valence-corrected chi connectivity index (χ4v) is 3.18. The first-order valence-corrected chi connectivity index (χ1v) is 9.83. The summed E-state index contributed by atoms with van der Waals surface area (Å²) in [7, 11) is 0. The number of esters is 1. The maximum atomic E-state index is 12.9. The number of carbonyl (C=O) groups excluding carboxylic acids is 3. The summed E-state index contributed by atoms with van der Waals surface area (Å²) in [5, 5.41) is 12.3. The number of hydrazine groups is 1. The number of rotatable bonds is 5. The molecule has 3 aromatic carbocycles. The monoisotopic (exact) mass is 443 g/mol. The average Bonchev–Trinajstić information content (AvgIpc) is 3.09. The largest absolute Gasteiger partial charge is 0.422 e. The Labute approximate surface area is 188 Å². The van der Waals surface area contributed by atoms with Gasteiger partial charge in [0.25, 0.3) is 17.5 Å². The van der Waals surface area contributed by atoms with Crippen LogP contribution in [0.4, 0.5) is 11.4 Å². The third kappa shape index (κ3) is 4.47. The lowest BCUT2D eigenvalue weighted by molar-refractivity contribution is -0.384. The molecule has 1 aliphatic rings. The van der Waals surface area contributed by atoms with E-state index in [2.05, 4.69) is 5.43 Å². The number of para-hydroxylation sites is 1. The summed E-state index contributed by atoms with van der Waals surface area (Å²) in [6.45, 7) is 1.87. The van der Waals surface area contributed by atoms with Crippen LogP contribution in [-0.4, -0.2) is 22.7 Å². The molecule has 0 bridgehead atoms. The van der Waals surface area contributed by atoms with Gasteiger partial charge in [0, 0.05) is 17.7 Å². The molecule has 3 aromatic rings. The Morgan fingerprint density at radius 1 is 1.03 bits per heavy atom. The van der Waals surface area contributed by atoms with Crippen molar-refractivity contribution in [2.75, 3.05) is 5.01 Å². The predicted molar refractivity (Wildman–Crippen MR) is 119 cm³/mol. The van der Waals surface area contributed by atoms with Gasteiger partial charge in [-0.2, -0.15) is 0 Å². The van der Waals surface area contributed by atoms with Crippen molar-refractivity contribution in [1.29, 1.82) is 0 Å². The van der Waals surface area contributed by atoms with Crippen LogP contribution in [0.3, 0.4) is 0 Å². The summed E-state index contributed by atoms with van der Waals surface area (Å²) in [6.07, 6.45) is 1.17. The molecule has 1 aliphatic heterocycles. The smallest absolute Gasteiger partial charge is 0.343 e. The van der Waals surface area contributed by atoms with E-state index in [0.717, 1.165) is 16.6 Å². The molecule has 0 spiro atoms. The van der Waals surface area contributed by atoms with Crippen molar-refractivity contribution in [3.8, 4) is 5.75 Å². The van der Waals surface area contributed by atoms with E-state index in [4.69, 9.17) is 4.74 Å². The Morgan fingerprint density at radius 2 is 1.73 bits per heavy atom. The van der Waals surface area contributed by atoms with E-state index < -0.39 is 22.7 Å². The summed E-state index contributed by atoms with van der Waals surface area (Å²) >= 11 is 0. The molecule has 0 unspecified atom stereocenters. The highest BCUT2D eigenvalue weighted by atomic mass is 16.6. The minimum Gasteiger partial charge on any atom is -0.422 e. The fourth-order valence-electron chi connectivity index (χ4n) is 3.18. The van der Waals surface area contributed by atoms with Gasteiger partial charge in [-0.15, -0.1) is 0 Å². The molecule has 33 heavy (non-hydrogen) atoms. The molecule has 0 radical (unpaired) electrons. The second kappa shape index (κ2) is 8.75. The maximum Gasteiger partial charge on any atom is 0.343 e. The van der Waals surface area contributed by atoms with Crippen LogP contribution in [0.5, 0.6) is 5.75 Å². The summed E-state index contributed by atoms with van der Waals surface area (Å²) in [4.78, 5) is 48.6. The quantitative estimate of drug-likeness (QED) is 0.161. The standard InChI is InChI=1S/C24H17N3O6/c1-15-7-9-16(10-8-15)24(30)33-21-12-11-19(27(31)32)13-17(21)14-20-22(28)25-26(23(20)29)18-5-3-2-4-6-18/h2-14H,1H3,(H,25,28)/b20-14-. The zero-order chi connectivity index (χ0) is 23.5. The van der Waals surface area contributed by atoms with Gasteiger partial charge in [-0.05, 0) is 43.3 Å². The van der Waals surface area contributed by atoms with E-state index >= 15 is 0 Å². The fraction of sp³-hybridized carbons (Fsp3) is 0.0417. The zero-order valence-electron chi connectivity index (χ0n) is 17.3. The van der Waals surface area contributed by atoms with Crippen molar-refractivity contribution in [3.05, 3.63) is 105 Å². The molecule has 1 fully saturated rings. The first-order valence-electron chi connectivity index (χ1n) is 9.83. The van der Waals surface area contributed by atoms with Crippen LogP contribution in [0.2, 0.25) is 0 Å². The minimum atomic E-state index is -0.689.